The van der Waals surface area contributed by atoms with E-state index in [0.29, 0.717) is 13.1 Å². The highest BCUT2D eigenvalue weighted by atomic mass is 19.1. The number of halogens is 1. The molecular formula is C21H20FN3O. The van der Waals surface area contributed by atoms with Crippen LogP contribution >= 0.6 is 0 Å². The molecule has 1 aliphatic heterocycles. The van der Waals surface area contributed by atoms with Crippen molar-refractivity contribution >= 4 is 22.5 Å². The molecule has 1 amide bonds. The Bertz CT molecular complexity index is 955. The minimum Gasteiger partial charge on any atom is -0.373 e. The van der Waals surface area contributed by atoms with E-state index in [1.165, 1.54) is 12.1 Å². The molecule has 0 radical (unpaired) electrons. The van der Waals surface area contributed by atoms with E-state index >= 15 is 0 Å². The molecule has 1 unspecified atom stereocenters. The molecule has 4 nitrogen and oxygen atoms in total. The van der Waals surface area contributed by atoms with Crippen LogP contribution in [0.4, 0.5) is 10.1 Å². The number of hydrogen-bond acceptors (Lipinski definition) is 3. The van der Waals surface area contributed by atoms with Crippen molar-refractivity contribution in [3.63, 3.8) is 0 Å². The number of aromatic nitrogens is 1. The molecule has 0 aliphatic carbocycles. The van der Waals surface area contributed by atoms with E-state index in [-0.39, 0.29) is 17.8 Å². The maximum Gasteiger partial charge on any atom is 0.245 e. The van der Waals surface area contributed by atoms with E-state index in [9.17, 15) is 9.18 Å². The Kier molecular flexibility index (Phi) is 4.29. The molecule has 0 spiro atoms. The number of likely N-dealkylation sites (tertiary alicyclic amines) is 1. The lowest BCUT2D eigenvalue weighted by Crippen LogP contribution is -2.33. The number of rotatable bonds is 4. The van der Waals surface area contributed by atoms with Gasteiger partial charge in [0.15, 0.2) is 0 Å². The van der Waals surface area contributed by atoms with E-state index in [4.69, 9.17) is 0 Å². The fourth-order valence-corrected chi connectivity index (χ4v) is 3.41. The van der Waals surface area contributed by atoms with Crippen molar-refractivity contribution in [2.24, 2.45) is 0 Å². The average Bonchev–Trinajstić information content (AvgIpc) is 2.97. The summed E-state index contributed by atoms with van der Waals surface area (Å²) in [4.78, 5) is 19.0. The highest BCUT2D eigenvalue weighted by Crippen LogP contribution is 2.26. The Morgan fingerprint density at radius 1 is 1.19 bits per heavy atom. The summed E-state index contributed by atoms with van der Waals surface area (Å²) in [5.41, 5.74) is 3.93. The predicted octanol–water partition coefficient (Wildman–Crippen LogP) is 3.90. The number of nitrogens with zero attached hydrogens (tertiary/aromatic N) is 2. The summed E-state index contributed by atoms with van der Waals surface area (Å²) in [7, 11) is 0. The Morgan fingerprint density at radius 2 is 2.00 bits per heavy atom. The second kappa shape index (κ2) is 6.75. The van der Waals surface area contributed by atoms with Crippen molar-refractivity contribution in [1.29, 1.82) is 0 Å². The maximum atomic E-state index is 13.0. The van der Waals surface area contributed by atoms with Crippen molar-refractivity contribution in [2.45, 2.75) is 25.9 Å². The maximum absolute atomic E-state index is 13.0. The van der Waals surface area contributed by atoms with E-state index in [0.717, 1.165) is 34.1 Å². The average molecular weight is 349 g/mol. The van der Waals surface area contributed by atoms with Gasteiger partial charge in [-0.05, 0) is 49.2 Å². The number of amides is 1. The normalized spacial score (nSPS) is 17.1. The van der Waals surface area contributed by atoms with Gasteiger partial charge in [-0.3, -0.25) is 9.78 Å². The third-order valence-electron chi connectivity index (χ3n) is 4.81. The molecule has 5 heteroatoms. The number of carbonyl (C=O) groups is 1. The molecule has 3 aromatic rings. The van der Waals surface area contributed by atoms with E-state index < -0.39 is 0 Å². The fraction of sp³-hybridized carbons (Fsp3) is 0.238. The number of hydrogen-bond donors (Lipinski definition) is 1. The first kappa shape index (κ1) is 16.5. The van der Waals surface area contributed by atoms with Crippen LogP contribution in [0.2, 0.25) is 0 Å². The standard InChI is InChI=1S/C21H20FN3O/c1-14-2-7-18-17(12-14)19(8-10-23-18)24-20-9-11-25(21(20)26)13-15-3-5-16(22)6-4-15/h2-8,10,12,20H,9,11,13H2,1H3,(H,23,24). The molecule has 132 valence electrons. The zero-order valence-electron chi connectivity index (χ0n) is 14.6. The number of carbonyl (C=O) groups excluding carboxylic acids is 1. The number of fused-ring (bicyclic) bond motifs is 1. The van der Waals surface area contributed by atoms with Crippen molar-refractivity contribution in [3.05, 3.63) is 71.7 Å². The molecule has 2 heterocycles. The lowest BCUT2D eigenvalue weighted by atomic mass is 10.1. The van der Waals surface area contributed by atoms with Crippen LogP contribution in [-0.2, 0) is 11.3 Å². The third-order valence-corrected chi connectivity index (χ3v) is 4.81. The van der Waals surface area contributed by atoms with Crippen molar-refractivity contribution < 1.29 is 9.18 Å². The van der Waals surface area contributed by atoms with Crippen molar-refractivity contribution in [1.82, 2.24) is 9.88 Å². The molecule has 1 aromatic heterocycles. The molecule has 1 N–H and O–H groups in total. The van der Waals surface area contributed by atoms with Gasteiger partial charge in [-0.25, -0.2) is 4.39 Å². The molecule has 26 heavy (non-hydrogen) atoms. The molecule has 1 aliphatic rings. The zero-order valence-corrected chi connectivity index (χ0v) is 14.6. The van der Waals surface area contributed by atoms with Gasteiger partial charge in [-0.1, -0.05) is 23.8 Å². The van der Waals surface area contributed by atoms with Crippen LogP contribution in [-0.4, -0.2) is 28.4 Å². The minimum absolute atomic E-state index is 0.0759. The fourth-order valence-electron chi connectivity index (χ4n) is 3.41. The summed E-state index contributed by atoms with van der Waals surface area (Å²) in [5, 5.41) is 4.42. The number of anilines is 1. The first-order valence-corrected chi connectivity index (χ1v) is 8.75. The molecule has 2 aromatic carbocycles. The van der Waals surface area contributed by atoms with Gasteiger partial charge >= 0.3 is 0 Å². The van der Waals surface area contributed by atoms with Crippen LogP contribution in [0.1, 0.15) is 17.5 Å². The topological polar surface area (TPSA) is 45.2 Å². The monoisotopic (exact) mass is 349 g/mol. The first-order chi connectivity index (χ1) is 12.6. The van der Waals surface area contributed by atoms with Gasteiger partial charge in [-0.2, -0.15) is 0 Å². The van der Waals surface area contributed by atoms with Gasteiger partial charge in [0, 0.05) is 30.4 Å². The SMILES string of the molecule is Cc1ccc2nccc(NC3CCN(Cc4ccc(F)cc4)C3=O)c2c1. The summed E-state index contributed by atoms with van der Waals surface area (Å²) in [6.07, 6.45) is 2.51. The largest absolute Gasteiger partial charge is 0.373 e. The summed E-state index contributed by atoms with van der Waals surface area (Å²) in [6.45, 7) is 3.24. The number of benzene rings is 2. The van der Waals surface area contributed by atoms with Gasteiger partial charge in [0.05, 0.1) is 5.52 Å². The van der Waals surface area contributed by atoms with Crippen LogP contribution in [0, 0.1) is 12.7 Å². The van der Waals surface area contributed by atoms with Crippen LogP contribution in [0.3, 0.4) is 0 Å². The van der Waals surface area contributed by atoms with Gasteiger partial charge in [0.25, 0.3) is 0 Å². The smallest absolute Gasteiger partial charge is 0.245 e. The van der Waals surface area contributed by atoms with Crippen LogP contribution in [0.15, 0.2) is 54.7 Å². The summed E-state index contributed by atoms with van der Waals surface area (Å²) in [5.74, 6) is -0.187. The number of pyridine rings is 1. The second-order valence-corrected chi connectivity index (χ2v) is 6.75. The van der Waals surface area contributed by atoms with Gasteiger partial charge < -0.3 is 10.2 Å². The van der Waals surface area contributed by atoms with E-state index in [1.54, 1.807) is 18.3 Å². The van der Waals surface area contributed by atoms with Gasteiger partial charge in [0.1, 0.15) is 11.9 Å². The second-order valence-electron chi connectivity index (χ2n) is 6.75. The summed E-state index contributed by atoms with van der Waals surface area (Å²) >= 11 is 0. The van der Waals surface area contributed by atoms with Crippen LogP contribution in [0.5, 0.6) is 0 Å². The highest BCUT2D eigenvalue weighted by molar-refractivity contribution is 5.94. The van der Waals surface area contributed by atoms with E-state index in [2.05, 4.69) is 16.4 Å². The predicted molar refractivity (Wildman–Crippen MR) is 100 cm³/mol. The molecule has 0 bridgehead atoms. The van der Waals surface area contributed by atoms with E-state index in [1.807, 2.05) is 30.0 Å². The van der Waals surface area contributed by atoms with Crippen LogP contribution < -0.4 is 5.32 Å². The zero-order chi connectivity index (χ0) is 18.1. The molecular weight excluding hydrogens is 329 g/mol. The van der Waals surface area contributed by atoms with Gasteiger partial charge in [0.2, 0.25) is 5.91 Å². The number of nitrogens with one attached hydrogen (secondary N) is 1. The Hall–Kier alpha value is -2.95. The summed E-state index contributed by atoms with van der Waals surface area (Å²) in [6, 6.07) is 14.1. The Morgan fingerprint density at radius 3 is 2.81 bits per heavy atom. The first-order valence-electron chi connectivity index (χ1n) is 8.75. The molecule has 1 fully saturated rings. The van der Waals surface area contributed by atoms with Crippen molar-refractivity contribution in [2.75, 3.05) is 11.9 Å². The minimum atomic E-state index is -0.263. The van der Waals surface area contributed by atoms with Crippen molar-refractivity contribution in [3.8, 4) is 0 Å². The highest BCUT2D eigenvalue weighted by Gasteiger charge is 2.31. The number of aryl methyl sites for hydroxylation is 1. The summed E-state index contributed by atoms with van der Waals surface area (Å²) < 4.78 is 13.0. The lowest BCUT2D eigenvalue weighted by molar-refractivity contribution is -0.128. The van der Waals surface area contributed by atoms with Crippen LogP contribution in [0.25, 0.3) is 10.9 Å². The molecule has 1 saturated heterocycles. The quantitative estimate of drug-likeness (QED) is 0.777. The molecule has 4 rings (SSSR count). The third kappa shape index (κ3) is 3.25. The molecule has 1 atom stereocenters. The Balaban J connectivity index is 1.51. The molecule has 0 saturated carbocycles. The lowest BCUT2D eigenvalue weighted by Gasteiger charge is -2.18. The van der Waals surface area contributed by atoms with Gasteiger partial charge in [-0.15, -0.1) is 0 Å². The Labute approximate surface area is 151 Å².